The Kier molecular flexibility index (Phi) is 6.59. The zero-order valence-electron chi connectivity index (χ0n) is 23.7. The Balaban J connectivity index is 1.29. The van der Waals surface area contributed by atoms with Crippen molar-refractivity contribution in [2.45, 2.75) is 39.1 Å². The molecule has 0 saturated heterocycles. The molecular formula is C35H32FN5O. The maximum Gasteiger partial charge on any atom is 0.153 e. The van der Waals surface area contributed by atoms with Crippen molar-refractivity contribution in [3.8, 4) is 22.5 Å². The van der Waals surface area contributed by atoms with Crippen molar-refractivity contribution in [2.75, 3.05) is 11.5 Å². The van der Waals surface area contributed by atoms with E-state index in [2.05, 4.69) is 63.0 Å². The molecule has 0 radical (unpaired) electrons. The van der Waals surface area contributed by atoms with E-state index in [0.29, 0.717) is 48.8 Å². The molecule has 0 saturated carbocycles. The van der Waals surface area contributed by atoms with Crippen LogP contribution in [0.15, 0.2) is 103 Å². The molecule has 6 aromatic rings. The number of nitrogens with zero attached hydrogens (tertiary/aromatic N) is 4. The van der Waals surface area contributed by atoms with E-state index in [-0.39, 0.29) is 5.82 Å². The summed E-state index contributed by atoms with van der Waals surface area (Å²) in [6, 6.07) is 30.2. The van der Waals surface area contributed by atoms with Crippen molar-refractivity contribution in [2.24, 2.45) is 0 Å². The maximum absolute atomic E-state index is 16.2. The van der Waals surface area contributed by atoms with E-state index in [4.69, 9.17) is 14.7 Å². The second-order valence-corrected chi connectivity index (χ2v) is 11.3. The molecule has 3 aromatic heterocycles. The number of aromatic amines is 1. The minimum absolute atomic E-state index is 0.307. The Labute approximate surface area is 244 Å². The van der Waals surface area contributed by atoms with Crippen LogP contribution in [0.3, 0.4) is 0 Å². The first-order chi connectivity index (χ1) is 20.5. The van der Waals surface area contributed by atoms with Gasteiger partial charge in [0.15, 0.2) is 5.82 Å². The fourth-order valence-corrected chi connectivity index (χ4v) is 5.84. The van der Waals surface area contributed by atoms with Crippen LogP contribution < -0.4 is 4.90 Å². The van der Waals surface area contributed by atoms with Crippen LogP contribution in [0.1, 0.15) is 30.8 Å². The fourth-order valence-electron chi connectivity index (χ4n) is 5.84. The van der Waals surface area contributed by atoms with E-state index in [9.17, 15) is 0 Å². The summed E-state index contributed by atoms with van der Waals surface area (Å²) in [4.78, 5) is 15.4. The van der Waals surface area contributed by atoms with Crippen LogP contribution in [0.25, 0.3) is 33.4 Å². The quantitative estimate of drug-likeness (QED) is 0.218. The summed E-state index contributed by atoms with van der Waals surface area (Å²) < 4.78 is 24.2. The molecule has 0 spiro atoms. The smallest absolute Gasteiger partial charge is 0.153 e. The van der Waals surface area contributed by atoms with Crippen molar-refractivity contribution >= 4 is 16.7 Å². The van der Waals surface area contributed by atoms with Gasteiger partial charge in [-0.05, 0) is 49.2 Å². The summed E-state index contributed by atoms with van der Waals surface area (Å²) in [7, 11) is 0. The first-order valence-corrected chi connectivity index (χ1v) is 14.3. The SMILES string of the molecule is CC1(C)OCCn2cc(-c3cccc(-c4cc5ccnc(N(Cc6ccccc6)Cc6ccccc6)c5[nH]4)c3F)nc21. The molecule has 3 aromatic carbocycles. The molecule has 0 unspecified atom stereocenters. The van der Waals surface area contributed by atoms with E-state index in [1.807, 2.05) is 62.6 Å². The van der Waals surface area contributed by atoms with Crippen molar-refractivity contribution in [3.05, 3.63) is 126 Å². The topological polar surface area (TPSA) is 59.0 Å². The number of halogens is 1. The molecular weight excluding hydrogens is 525 g/mol. The van der Waals surface area contributed by atoms with Crippen LogP contribution in [0.4, 0.5) is 10.2 Å². The predicted molar refractivity (Wildman–Crippen MR) is 164 cm³/mol. The van der Waals surface area contributed by atoms with Gasteiger partial charge in [-0.15, -0.1) is 0 Å². The standard InChI is InChI=1S/C35H32FN5O/c1-35(2)34-39-30(23-40(34)18-19-42-35)28-15-9-14-27(31(28)36)29-20-26-16-17-37-33(32(26)38-29)41(21-24-10-5-3-6-11-24)22-25-12-7-4-8-13-25/h3-17,20,23,38H,18-19,21-22H2,1-2H3. The highest BCUT2D eigenvalue weighted by atomic mass is 19.1. The van der Waals surface area contributed by atoms with Gasteiger partial charge in [0.1, 0.15) is 17.2 Å². The molecule has 42 heavy (non-hydrogen) atoms. The molecule has 0 bridgehead atoms. The van der Waals surface area contributed by atoms with Gasteiger partial charge < -0.3 is 19.2 Å². The number of H-pyrrole nitrogens is 1. The summed E-state index contributed by atoms with van der Waals surface area (Å²) in [5.41, 5.74) is 5.01. The van der Waals surface area contributed by atoms with Gasteiger partial charge >= 0.3 is 0 Å². The minimum Gasteiger partial charge on any atom is -0.366 e. The van der Waals surface area contributed by atoms with Crippen LogP contribution in [0.5, 0.6) is 0 Å². The summed E-state index contributed by atoms with van der Waals surface area (Å²) in [6.07, 6.45) is 3.75. The third kappa shape index (κ3) is 4.86. The number of fused-ring (bicyclic) bond motifs is 2. The minimum atomic E-state index is -0.517. The molecule has 7 heteroatoms. The number of imidazole rings is 1. The summed E-state index contributed by atoms with van der Waals surface area (Å²) in [5, 5.41) is 0.974. The van der Waals surface area contributed by atoms with Gasteiger partial charge in [-0.1, -0.05) is 66.7 Å². The molecule has 0 amide bonds. The molecule has 7 rings (SSSR count). The maximum atomic E-state index is 16.2. The number of hydrogen-bond acceptors (Lipinski definition) is 4. The van der Waals surface area contributed by atoms with Crippen LogP contribution in [-0.2, 0) is 30.0 Å². The monoisotopic (exact) mass is 557 g/mol. The number of nitrogens with one attached hydrogen (secondary N) is 1. The molecule has 0 aliphatic carbocycles. The predicted octanol–water partition coefficient (Wildman–Crippen LogP) is 7.70. The highest BCUT2D eigenvalue weighted by Crippen LogP contribution is 2.36. The van der Waals surface area contributed by atoms with Crippen molar-refractivity contribution in [3.63, 3.8) is 0 Å². The normalized spacial score (nSPS) is 14.2. The van der Waals surface area contributed by atoms with Crippen LogP contribution in [-0.4, -0.2) is 26.1 Å². The number of pyridine rings is 1. The van der Waals surface area contributed by atoms with Crippen LogP contribution in [0, 0.1) is 5.82 Å². The zero-order valence-corrected chi connectivity index (χ0v) is 23.7. The van der Waals surface area contributed by atoms with Gasteiger partial charge in [0.05, 0.1) is 17.8 Å². The molecule has 0 atom stereocenters. The average molecular weight is 558 g/mol. The molecule has 4 heterocycles. The van der Waals surface area contributed by atoms with E-state index < -0.39 is 5.60 Å². The van der Waals surface area contributed by atoms with Gasteiger partial charge in [0, 0.05) is 54.2 Å². The third-order valence-corrected chi connectivity index (χ3v) is 7.93. The Morgan fingerprint density at radius 2 is 1.60 bits per heavy atom. The summed E-state index contributed by atoms with van der Waals surface area (Å²) in [5.74, 6) is 1.33. The van der Waals surface area contributed by atoms with Gasteiger partial charge in [-0.2, -0.15) is 0 Å². The molecule has 1 aliphatic rings. The van der Waals surface area contributed by atoms with E-state index >= 15 is 4.39 Å². The number of rotatable bonds is 7. The lowest BCUT2D eigenvalue weighted by molar-refractivity contribution is -0.0538. The van der Waals surface area contributed by atoms with Crippen molar-refractivity contribution < 1.29 is 9.13 Å². The Morgan fingerprint density at radius 3 is 2.29 bits per heavy atom. The average Bonchev–Trinajstić information content (AvgIpc) is 3.64. The lowest BCUT2D eigenvalue weighted by Crippen LogP contribution is -2.33. The van der Waals surface area contributed by atoms with Gasteiger partial charge in [0.2, 0.25) is 0 Å². The largest absolute Gasteiger partial charge is 0.366 e. The fraction of sp³-hybridized carbons (Fsp3) is 0.200. The van der Waals surface area contributed by atoms with Crippen molar-refractivity contribution in [1.82, 2.24) is 19.5 Å². The second-order valence-electron chi connectivity index (χ2n) is 11.3. The van der Waals surface area contributed by atoms with Crippen LogP contribution >= 0.6 is 0 Å². The van der Waals surface area contributed by atoms with Crippen molar-refractivity contribution in [1.29, 1.82) is 0 Å². The first kappa shape index (κ1) is 26.2. The number of benzene rings is 3. The number of ether oxygens (including phenoxy) is 1. The molecule has 210 valence electrons. The lowest BCUT2D eigenvalue weighted by atomic mass is 10.0. The summed E-state index contributed by atoms with van der Waals surface area (Å²) in [6.45, 7) is 6.67. The second kappa shape index (κ2) is 10.6. The summed E-state index contributed by atoms with van der Waals surface area (Å²) >= 11 is 0. The van der Waals surface area contributed by atoms with E-state index in [0.717, 1.165) is 22.5 Å². The Bertz CT molecular complexity index is 1820. The number of aromatic nitrogens is 4. The lowest BCUT2D eigenvalue weighted by Gasteiger charge is -2.30. The molecule has 1 N–H and O–H groups in total. The number of anilines is 1. The van der Waals surface area contributed by atoms with E-state index in [1.165, 1.54) is 11.1 Å². The highest BCUT2D eigenvalue weighted by Gasteiger charge is 2.32. The van der Waals surface area contributed by atoms with Gasteiger partial charge in [-0.25, -0.2) is 14.4 Å². The van der Waals surface area contributed by atoms with Gasteiger partial charge in [0.25, 0.3) is 0 Å². The first-order valence-electron chi connectivity index (χ1n) is 14.3. The van der Waals surface area contributed by atoms with E-state index in [1.54, 1.807) is 6.07 Å². The molecule has 1 aliphatic heterocycles. The van der Waals surface area contributed by atoms with Gasteiger partial charge in [-0.3, -0.25) is 0 Å². The molecule has 0 fully saturated rings. The highest BCUT2D eigenvalue weighted by molar-refractivity contribution is 5.93. The zero-order chi connectivity index (χ0) is 28.7. The third-order valence-electron chi connectivity index (χ3n) is 7.93. The molecule has 6 nitrogen and oxygen atoms in total. The number of hydrogen-bond donors (Lipinski definition) is 1. The van der Waals surface area contributed by atoms with Crippen LogP contribution in [0.2, 0.25) is 0 Å². The Morgan fingerprint density at radius 1 is 0.905 bits per heavy atom. The Hall–Kier alpha value is -4.75.